The molecular formula is C20H30N2O2. The van der Waals surface area contributed by atoms with E-state index in [1.165, 1.54) is 11.6 Å². The molecule has 1 aromatic carbocycles. The van der Waals surface area contributed by atoms with Gasteiger partial charge in [0.15, 0.2) is 0 Å². The lowest BCUT2D eigenvalue weighted by Crippen LogP contribution is -2.49. The van der Waals surface area contributed by atoms with Gasteiger partial charge in [0.25, 0.3) is 0 Å². The summed E-state index contributed by atoms with van der Waals surface area (Å²) in [5.74, 6) is -0.264. The van der Waals surface area contributed by atoms with Gasteiger partial charge >= 0.3 is 5.97 Å². The quantitative estimate of drug-likeness (QED) is 0.437. The van der Waals surface area contributed by atoms with Gasteiger partial charge in [0, 0.05) is 44.8 Å². The molecule has 0 radical (unpaired) electrons. The van der Waals surface area contributed by atoms with Crippen molar-refractivity contribution in [1.82, 2.24) is 9.80 Å². The lowest BCUT2D eigenvalue weighted by Gasteiger charge is -2.36. The van der Waals surface area contributed by atoms with Crippen molar-refractivity contribution in [3.05, 3.63) is 41.5 Å². The van der Waals surface area contributed by atoms with Crippen LogP contribution in [0.1, 0.15) is 31.4 Å². The molecule has 0 bridgehead atoms. The van der Waals surface area contributed by atoms with Crippen LogP contribution >= 0.6 is 0 Å². The predicted octanol–water partition coefficient (Wildman–Crippen LogP) is 2.97. The number of benzene rings is 1. The van der Waals surface area contributed by atoms with Crippen LogP contribution in [-0.4, -0.2) is 61.1 Å². The van der Waals surface area contributed by atoms with E-state index in [1.807, 2.05) is 31.2 Å². The summed E-state index contributed by atoms with van der Waals surface area (Å²) in [4.78, 5) is 16.7. The molecule has 1 aromatic rings. The van der Waals surface area contributed by atoms with E-state index < -0.39 is 0 Å². The summed E-state index contributed by atoms with van der Waals surface area (Å²) in [5, 5.41) is 0. The molecule has 24 heavy (non-hydrogen) atoms. The van der Waals surface area contributed by atoms with Crippen molar-refractivity contribution in [1.29, 1.82) is 0 Å². The Morgan fingerprint density at radius 3 is 2.46 bits per heavy atom. The summed E-state index contributed by atoms with van der Waals surface area (Å²) >= 11 is 0. The van der Waals surface area contributed by atoms with Gasteiger partial charge in [-0.2, -0.15) is 0 Å². The smallest absolute Gasteiger partial charge is 0.330 e. The average molecular weight is 330 g/mol. The Morgan fingerprint density at radius 1 is 1.17 bits per heavy atom. The van der Waals surface area contributed by atoms with Crippen molar-refractivity contribution in [2.24, 2.45) is 0 Å². The summed E-state index contributed by atoms with van der Waals surface area (Å²) in [5.41, 5.74) is 2.23. The maximum atomic E-state index is 11.7. The molecule has 1 aliphatic rings. The number of hydrogen-bond donors (Lipinski definition) is 0. The molecule has 0 aliphatic carbocycles. The topological polar surface area (TPSA) is 32.8 Å². The van der Waals surface area contributed by atoms with Gasteiger partial charge in [-0.1, -0.05) is 29.8 Å². The van der Waals surface area contributed by atoms with Crippen LogP contribution in [-0.2, 0) is 9.53 Å². The van der Waals surface area contributed by atoms with E-state index in [1.54, 1.807) is 6.08 Å². The van der Waals surface area contributed by atoms with Gasteiger partial charge < -0.3 is 9.64 Å². The Kier molecular flexibility index (Phi) is 7.47. The first-order chi connectivity index (χ1) is 11.5. The molecule has 0 aromatic heterocycles. The van der Waals surface area contributed by atoms with Gasteiger partial charge in [0.05, 0.1) is 6.61 Å². The molecule has 1 saturated heterocycles. The van der Waals surface area contributed by atoms with Crippen LogP contribution in [0.2, 0.25) is 0 Å². The van der Waals surface area contributed by atoms with E-state index in [4.69, 9.17) is 4.74 Å². The minimum Gasteiger partial charge on any atom is -0.462 e. The summed E-state index contributed by atoms with van der Waals surface area (Å²) in [6.45, 7) is 12.5. The standard InChI is InChI=1S/C20H30N2O2/c1-17(2)22-14-12-21(13-15-22)11-4-16-24-20(23)10-9-19-7-5-18(3)6-8-19/h5-10,17H,4,11-16H2,1-3H3. The number of carbonyl (C=O) groups excluding carboxylic acids is 1. The highest BCUT2D eigenvalue weighted by Gasteiger charge is 2.18. The second kappa shape index (κ2) is 9.60. The summed E-state index contributed by atoms with van der Waals surface area (Å²) in [6, 6.07) is 8.69. The van der Waals surface area contributed by atoms with Crippen LogP contribution in [0.5, 0.6) is 0 Å². The Balaban J connectivity index is 1.59. The highest BCUT2D eigenvalue weighted by atomic mass is 16.5. The Labute approximate surface area is 146 Å². The molecule has 0 spiro atoms. The third-order valence-electron chi connectivity index (χ3n) is 4.49. The fourth-order valence-electron chi connectivity index (χ4n) is 2.85. The molecule has 1 heterocycles. The maximum Gasteiger partial charge on any atom is 0.330 e. The minimum atomic E-state index is -0.264. The minimum absolute atomic E-state index is 0.264. The van der Waals surface area contributed by atoms with Gasteiger partial charge in [0.1, 0.15) is 0 Å². The number of nitrogens with zero attached hydrogens (tertiary/aromatic N) is 2. The largest absolute Gasteiger partial charge is 0.462 e. The van der Waals surface area contributed by atoms with Gasteiger partial charge in [-0.15, -0.1) is 0 Å². The molecule has 0 N–H and O–H groups in total. The van der Waals surface area contributed by atoms with Crippen molar-refractivity contribution in [2.45, 2.75) is 33.2 Å². The predicted molar refractivity (Wildman–Crippen MR) is 98.9 cm³/mol. The highest BCUT2D eigenvalue weighted by Crippen LogP contribution is 2.07. The second-order valence-corrected chi connectivity index (χ2v) is 6.74. The molecule has 0 atom stereocenters. The number of ether oxygens (including phenoxy) is 1. The zero-order valence-corrected chi connectivity index (χ0v) is 15.2. The van der Waals surface area contributed by atoms with Crippen molar-refractivity contribution in [3.63, 3.8) is 0 Å². The van der Waals surface area contributed by atoms with E-state index in [0.717, 1.165) is 44.7 Å². The van der Waals surface area contributed by atoms with Crippen LogP contribution in [0.25, 0.3) is 6.08 Å². The third kappa shape index (κ3) is 6.46. The number of carbonyl (C=O) groups is 1. The van der Waals surface area contributed by atoms with Gasteiger partial charge in [-0.05, 0) is 38.8 Å². The monoisotopic (exact) mass is 330 g/mol. The summed E-state index contributed by atoms with van der Waals surface area (Å²) in [6.07, 6.45) is 4.20. The molecule has 0 saturated carbocycles. The Morgan fingerprint density at radius 2 is 1.83 bits per heavy atom. The van der Waals surface area contributed by atoms with Crippen molar-refractivity contribution < 1.29 is 9.53 Å². The zero-order valence-electron chi connectivity index (χ0n) is 15.2. The third-order valence-corrected chi connectivity index (χ3v) is 4.49. The molecule has 0 amide bonds. The van der Waals surface area contributed by atoms with Crippen LogP contribution < -0.4 is 0 Å². The van der Waals surface area contributed by atoms with Crippen LogP contribution in [0.15, 0.2) is 30.3 Å². The molecule has 132 valence electrons. The maximum absolute atomic E-state index is 11.7. The van der Waals surface area contributed by atoms with Crippen LogP contribution in [0.3, 0.4) is 0 Å². The normalized spacial score (nSPS) is 16.8. The molecule has 1 fully saturated rings. The molecule has 4 heteroatoms. The van der Waals surface area contributed by atoms with E-state index in [0.29, 0.717) is 12.6 Å². The number of aryl methyl sites for hydroxylation is 1. The van der Waals surface area contributed by atoms with Gasteiger partial charge in [-0.25, -0.2) is 4.79 Å². The summed E-state index contributed by atoms with van der Waals surface area (Å²) in [7, 11) is 0. The number of esters is 1. The zero-order chi connectivity index (χ0) is 17.4. The molecule has 0 unspecified atom stereocenters. The molecule has 1 aliphatic heterocycles. The highest BCUT2D eigenvalue weighted by molar-refractivity contribution is 5.87. The van der Waals surface area contributed by atoms with E-state index in [2.05, 4.69) is 23.6 Å². The average Bonchev–Trinajstić information content (AvgIpc) is 2.58. The Bertz CT molecular complexity index is 529. The fraction of sp³-hybridized carbons (Fsp3) is 0.550. The van der Waals surface area contributed by atoms with Crippen molar-refractivity contribution in [3.8, 4) is 0 Å². The number of piperazine rings is 1. The van der Waals surface area contributed by atoms with Crippen LogP contribution in [0, 0.1) is 6.92 Å². The lowest BCUT2D eigenvalue weighted by molar-refractivity contribution is -0.137. The Hall–Kier alpha value is -1.65. The summed E-state index contributed by atoms with van der Waals surface area (Å²) < 4.78 is 5.28. The second-order valence-electron chi connectivity index (χ2n) is 6.74. The lowest BCUT2D eigenvalue weighted by atomic mass is 10.1. The fourth-order valence-corrected chi connectivity index (χ4v) is 2.85. The molecule has 2 rings (SSSR count). The van der Waals surface area contributed by atoms with E-state index in [9.17, 15) is 4.79 Å². The molecule has 4 nitrogen and oxygen atoms in total. The van der Waals surface area contributed by atoms with Crippen LogP contribution in [0.4, 0.5) is 0 Å². The van der Waals surface area contributed by atoms with Gasteiger partial charge in [0.2, 0.25) is 0 Å². The van der Waals surface area contributed by atoms with Crippen molar-refractivity contribution in [2.75, 3.05) is 39.3 Å². The first-order valence-electron chi connectivity index (χ1n) is 8.92. The SMILES string of the molecule is Cc1ccc(C=CC(=O)OCCCN2CCN(C(C)C)CC2)cc1. The van der Waals surface area contributed by atoms with E-state index >= 15 is 0 Å². The number of hydrogen-bond acceptors (Lipinski definition) is 4. The number of rotatable bonds is 7. The molecular weight excluding hydrogens is 300 g/mol. The van der Waals surface area contributed by atoms with Crippen molar-refractivity contribution >= 4 is 12.0 Å². The van der Waals surface area contributed by atoms with E-state index in [-0.39, 0.29) is 5.97 Å². The first-order valence-corrected chi connectivity index (χ1v) is 8.92. The first kappa shape index (κ1) is 18.7. The van der Waals surface area contributed by atoms with Gasteiger partial charge in [-0.3, -0.25) is 4.90 Å².